The Balaban J connectivity index is 1.57. The number of amides is 2. The Morgan fingerprint density at radius 1 is 1.28 bits per heavy atom. The number of hydrogen-bond acceptors (Lipinski definition) is 5. The molecule has 0 bridgehead atoms. The van der Waals surface area contributed by atoms with E-state index in [0.717, 1.165) is 12.8 Å². The Hall–Kier alpha value is -1.77. The van der Waals surface area contributed by atoms with Gasteiger partial charge in [-0.15, -0.1) is 10.2 Å². The summed E-state index contributed by atoms with van der Waals surface area (Å²) < 4.78 is 1.78. The van der Waals surface area contributed by atoms with E-state index in [1.807, 2.05) is 14.0 Å². The van der Waals surface area contributed by atoms with E-state index in [9.17, 15) is 9.59 Å². The van der Waals surface area contributed by atoms with E-state index in [1.165, 1.54) is 30.7 Å². The van der Waals surface area contributed by atoms with Crippen molar-refractivity contribution in [2.45, 2.75) is 49.8 Å². The molecule has 7 nitrogen and oxygen atoms in total. The summed E-state index contributed by atoms with van der Waals surface area (Å²) in [5, 5.41) is 15.6. The third-order valence-electron chi connectivity index (χ3n) is 4.83. The molecule has 3 rings (SSSR count). The molecule has 0 unspecified atom stereocenters. The zero-order chi connectivity index (χ0) is 21.0. The van der Waals surface area contributed by atoms with E-state index < -0.39 is 6.04 Å². The molecule has 156 valence electrons. The van der Waals surface area contributed by atoms with Crippen LogP contribution in [0.3, 0.4) is 0 Å². The molecule has 0 aliphatic heterocycles. The van der Waals surface area contributed by atoms with E-state index in [4.69, 9.17) is 23.2 Å². The minimum atomic E-state index is -0.395. The second-order valence-corrected chi connectivity index (χ2v) is 8.84. The molecule has 2 aromatic rings. The molecule has 0 saturated heterocycles. The van der Waals surface area contributed by atoms with Gasteiger partial charge in [0, 0.05) is 18.1 Å². The maximum absolute atomic E-state index is 12.5. The van der Waals surface area contributed by atoms with Crippen LogP contribution in [0.1, 0.15) is 54.8 Å². The molecule has 1 aliphatic rings. The van der Waals surface area contributed by atoms with Gasteiger partial charge in [0.15, 0.2) is 11.0 Å². The summed E-state index contributed by atoms with van der Waals surface area (Å²) >= 11 is 13.3. The number of halogens is 2. The normalized spacial score (nSPS) is 15.3. The fourth-order valence-corrected chi connectivity index (χ4v) is 4.53. The standard InChI is InChI=1S/C19H23Cl2N5O2S/c1-11(22-18(28)14-8-7-12(20)9-15(14)21)17-24-25-19(26(17)2)29-10-16(27)23-13-5-3-4-6-13/h7-9,11,13H,3-6,10H2,1-2H3,(H,22,28)(H,23,27)/t11-/m1/s1. The monoisotopic (exact) mass is 455 g/mol. The summed E-state index contributed by atoms with van der Waals surface area (Å²) in [4.78, 5) is 24.6. The Morgan fingerprint density at radius 3 is 2.69 bits per heavy atom. The van der Waals surface area contributed by atoms with Crippen molar-refractivity contribution < 1.29 is 9.59 Å². The molecule has 29 heavy (non-hydrogen) atoms. The number of rotatable bonds is 7. The molecule has 1 heterocycles. The minimum absolute atomic E-state index is 0.00480. The summed E-state index contributed by atoms with van der Waals surface area (Å²) in [6, 6.07) is 4.62. The molecule has 2 N–H and O–H groups in total. The molecule has 0 spiro atoms. The number of aromatic nitrogens is 3. The topological polar surface area (TPSA) is 88.9 Å². The number of hydrogen-bond donors (Lipinski definition) is 2. The van der Waals surface area contributed by atoms with Gasteiger partial charge in [0.1, 0.15) is 0 Å². The smallest absolute Gasteiger partial charge is 0.253 e. The quantitative estimate of drug-likeness (QED) is 0.620. The molecule has 1 aliphatic carbocycles. The first-order chi connectivity index (χ1) is 13.8. The Kier molecular flexibility index (Phi) is 7.43. The van der Waals surface area contributed by atoms with Gasteiger partial charge in [0.05, 0.1) is 22.4 Å². The van der Waals surface area contributed by atoms with Gasteiger partial charge in [-0.1, -0.05) is 47.8 Å². The van der Waals surface area contributed by atoms with Crippen LogP contribution in [0, 0.1) is 0 Å². The average molecular weight is 456 g/mol. The second kappa shape index (κ2) is 9.82. The van der Waals surface area contributed by atoms with Crippen LogP contribution < -0.4 is 10.6 Å². The number of carbonyl (C=O) groups excluding carboxylic acids is 2. The van der Waals surface area contributed by atoms with Crippen molar-refractivity contribution in [3.05, 3.63) is 39.6 Å². The molecular weight excluding hydrogens is 433 g/mol. The molecule has 2 amide bonds. The van der Waals surface area contributed by atoms with Crippen molar-refractivity contribution in [2.24, 2.45) is 7.05 Å². The third-order valence-corrected chi connectivity index (χ3v) is 6.40. The van der Waals surface area contributed by atoms with Crippen LogP contribution in [-0.4, -0.2) is 38.4 Å². The lowest BCUT2D eigenvalue weighted by atomic mass is 10.2. The number of thioether (sulfide) groups is 1. The highest BCUT2D eigenvalue weighted by atomic mass is 35.5. The van der Waals surface area contributed by atoms with Crippen LogP contribution in [0.15, 0.2) is 23.4 Å². The van der Waals surface area contributed by atoms with Crippen LogP contribution in [-0.2, 0) is 11.8 Å². The second-order valence-electron chi connectivity index (χ2n) is 7.06. The largest absolute Gasteiger partial charge is 0.353 e. The van der Waals surface area contributed by atoms with Crippen molar-refractivity contribution in [3.63, 3.8) is 0 Å². The van der Waals surface area contributed by atoms with Gasteiger partial charge in [-0.25, -0.2) is 0 Å². The zero-order valence-electron chi connectivity index (χ0n) is 16.2. The molecule has 10 heteroatoms. The van der Waals surface area contributed by atoms with Crippen LogP contribution >= 0.6 is 35.0 Å². The highest BCUT2D eigenvalue weighted by Gasteiger charge is 2.21. The van der Waals surface area contributed by atoms with Crippen LogP contribution in [0.2, 0.25) is 10.0 Å². The lowest BCUT2D eigenvalue weighted by Crippen LogP contribution is -2.33. The first-order valence-corrected chi connectivity index (χ1v) is 11.2. The zero-order valence-corrected chi connectivity index (χ0v) is 18.6. The van der Waals surface area contributed by atoms with Gasteiger partial charge in [-0.2, -0.15) is 0 Å². The molecule has 0 radical (unpaired) electrons. The molecule has 1 saturated carbocycles. The molecule has 1 aromatic heterocycles. The van der Waals surface area contributed by atoms with E-state index >= 15 is 0 Å². The van der Waals surface area contributed by atoms with Gasteiger partial charge >= 0.3 is 0 Å². The summed E-state index contributed by atoms with van der Waals surface area (Å²) in [6.45, 7) is 1.81. The molecule has 1 atom stereocenters. The van der Waals surface area contributed by atoms with Crippen molar-refractivity contribution in [3.8, 4) is 0 Å². The van der Waals surface area contributed by atoms with E-state index in [1.54, 1.807) is 16.7 Å². The average Bonchev–Trinajstić information content (AvgIpc) is 3.29. The number of carbonyl (C=O) groups is 2. The predicted octanol–water partition coefficient (Wildman–Crippen LogP) is 3.76. The maximum Gasteiger partial charge on any atom is 0.253 e. The van der Waals surface area contributed by atoms with Crippen molar-refractivity contribution >= 4 is 46.8 Å². The minimum Gasteiger partial charge on any atom is -0.353 e. The summed E-state index contributed by atoms with van der Waals surface area (Å²) in [6.07, 6.45) is 4.46. The predicted molar refractivity (Wildman–Crippen MR) is 114 cm³/mol. The molecule has 1 aromatic carbocycles. The van der Waals surface area contributed by atoms with Gasteiger partial charge in [-0.05, 0) is 38.0 Å². The summed E-state index contributed by atoms with van der Waals surface area (Å²) in [7, 11) is 1.81. The number of nitrogens with zero attached hydrogens (tertiary/aromatic N) is 3. The number of benzene rings is 1. The lowest BCUT2D eigenvalue weighted by molar-refractivity contribution is -0.119. The molecular formula is C19H23Cl2N5O2S. The Labute approximate surface area is 183 Å². The van der Waals surface area contributed by atoms with Gasteiger partial charge in [-0.3, -0.25) is 9.59 Å². The van der Waals surface area contributed by atoms with Crippen LogP contribution in [0.4, 0.5) is 0 Å². The van der Waals surface area contributed by atoms with Gasteiger partial charge in [0.25, 0.3) is 5.91 Å². The van der Waals surface area contributed by atoms with Crippen LogP contribution in [0.25, 0.3) is 0 Å². The SMILES string of the molecule is C[C@@H](NC(=O)c1ccc(Cl)cc1Cl)c1nnc(SCC(=O)NC2CCCC2)n1C. The highest BCUT2D eigenvalue weighted by molar-refractivity contribution is 7.99. The Bertz CT molecular complexity index is 899. The van der Waals surface area contributed by atoms with Gasteiger partial charge < -0.3 is 15.2 Å². The summed E-state index contributed by atoms with van der Waals surface area (Å²) in [5.41, 5.74) is 0.336. The summed E-state index contributed by atoms with van der Waals surface area (Å²) in [5.74, 6) is 0.545. The third kappa shape index (κ3) is 5.65. The highest BCUT2D eigenvalue weighted by Crippen LogP contribution is 2.23. The maximum atomic E-state index is 12.5. The fraction of sp³-hybridized carbons (Fsp3) is 0.474. The van der Waals surface area contributed by atoms with Gasteiger partial charge in [0.2, 0.25) is 5.91 Å². The van der Waals surface area contributed by atoms with E-state index in [0.29, 0.717) is 27.6 Å². The van der Waals surface area contributed by atoms with E-state index in [-0.39, 0.29) is 22.6 Å². The molecule has 1 fully saturated rings. The fourth-order valence-electron chi connectivity index (χ4n) is 3.31. The van der Waals surface area contributed by atoms with Crippen molar-refractivity contribution in [1.29, 1.82) is 0 Å². The number of nitrogens with one attached hydrogen (secondary N) is 2. The first kappa shape index (κ1) is 21.9. The lowest BCUT2D eigenvalue weighted by Gasteiger charge is -2.14. The Morgan fingerprint density at radius 2 is 2.00 bits per heavy atom. The van der Waals surface area contributed by atoms with Crippen LogP contribution in [0.5, 0.6) is 0 Å². The first-order valence-electron chi connectivity index (χ1n) is 9.42. The van der Waals surface area contributed by atoms with Crippen molar-refractivity contribution in [2.75, 3.05) is 5.75 Å². The van der Waals surface area contributed by atoms with Crippen molar-refractivity contribution in [1.82, 2.24) is 25.4 Å². The van der Waals surface area contributed by atoms with E-state index in [2.05, 4.69) is 20.8 Å².